The van der Waals surface area contributed by atoms with Gasteiger partial charge in [-0.1, -0.05) is 87.9 Å². The maximum atomic E-state index is 13.3. The van der Waals surface area contributed by atoms with Crippen molar-refractivity contribution >= 4 is 29.4 Å². The molecular weight excluding hydrogens is 624 g/mol. The Morgan fingerprint density at radius 2 is 1.45 bits per heavy atom. The highest BCUT2D eigenvalue weighted by Gasteiger charge is 2.35. The minimum Gasteiger partial charge on any atom is -0.480 e. The van der Waals surface area contributed by atoms with Gasteiger partial charge in [-0.3, -0.25) is 9.59 Å². The van der Waals surface area contributed by atoms with E-state index in [1.54, 1.807) is 19.1 Å². The van der Waals surface area contributed by atoms with E-state index in [1.165, 1.54) is 0 Å². The maximum Gasteiger partial charge on any atom is 0.407 e. The molecule has 1 saturated carbocycles. The van der Waals surface area contributed by atoms with Gasteiger partial charge in [-0.05, 0) is 58.7 Å². The summed E-state index contributed by atoms with van der Waals surface area (Å²) >= 11 is 0. The number of hydrogen-bond acceptors (Lipinski definition) is 7. The normalized spacial score (nSPS) is 16.2. The predicted molar refractivity (Wildman–Crippen MR) is 185 cm³/mol. The molecule has 0 radical (unpaired) electrons. The number of benzene rings is 3. The van der Waals surface area contributed by atoms with Crippen LogP contribution in [0, 0.1) is 11.8 Å². The Kier molecular flexibility index (Phi) is 11.9. The molecule has 0 aliphatic heterocycles. The number of carbonyl (C=O) groups excluding carboxylic acids is 3. The largest absolute Gasteiger partial charge is 0.480 e. The van der Waals surface area contributed by atoms with Crippen LogP contribution < -0.4 is 10.6 Å². The van der Waals surface area contributed by atoms with Crippen LogP contribution in [0.4, 0.5) is 10.5 Å². The first-order valence-electron chi connectivity index (χ1n) is 17.1. The SMILES string of the molecule is CC(C)[C@H](NC(=O)OCC1c2ccccc2-c2ccccc21)C(=O)C[C@@H](C)C(=O)Nc1ccc(COC2(OCC(=O)O)CCCCC2)cc1. The second kappa shape index (κ2) is 16.2. The first-order chi connectivity index (χ1) is 23.5. The fourth-order valence-electron chi connectivity index (χ4n) is 6.69. The number of carboxylic acids is 1. The van der Waals surface area contributed by atoms with Crippen molar-refractivity contribution in [3.63, 3.8) is 0 Å². The first kappa shape index (κ1) is 35.8. The smallest absolute Gasteiger partial charge is 0.407 e. The van der Waals surface area contributed by atoms with Gasteiger partial charge in [0.2, 0.25) is 5.91 Å². The van der Waals surface area contributed by atoms with Crippen molar-refractivity contribution in [2.75, 3.05) is 18.5 Å². The van der Waals surface area contributed by atoms with Crippen molar-refractivity contribution in [1.82, 2.24) is 5.32 Å². The average Bonchev–Trinajstić information content (AvgIpc) is 3.42. The number of carbonyl (C=O) groups is 4. The molecule has 260 valence electrons. The van der Waals surface area contributed by atoms with E-state index in [2.05, 4.69) is 22.8 Å². The summed E-state index contributed by atoms with van der Waals surface area (Å²) in [4.78, 5) is 50.4. The summed E-state index contributed by atoms with van der Waals surface area (Å²) in [5, 5.41) is 14.7. The summed E-state index contributed by atoms with van der Waals surface area (Å²) in [7, 11) is 0. The molecule has 10 nitrogen and oxygen atoms in total. The number of nitrogens with one attached hydrogen (secondary N) is 2. The molecule has 0 bridgehead atoms. The molecule has 2 aliphatic rings. The number of carboxylic acid groups (broad SMARTS) is 1. The maximum absolute atomic E-state index is 13.3. The molecule has 3 aromatic rings. The number of ether oxygens (including phenoxy) is 3. The lowest BCUT2D eigenvalue weighted by Gasteiger charge is -2.36. The van der Waals surface area contributed by atoms with E-state index in [4.69, 9.17) is 19.3 Å². The van der Waals surface area contributed by atoms with Crippen LogP contribution in [0.3, 0.4) is 0 Å². The number of Topliss-reactive ketones (excluding diaryl/α,β-unsaturated/α-hetero) is 1. The molecule has 0 heterocycles. The molecule has 1 fully saturated rings. The molecule has 10 heteroatoms. The molecule has 3 N–H and O–H groups in total. The molecule has 0 spiro atoms. The molecule has 0 unspecified atom stereocenters. The Labute approximate surface area is 287 Å². The molecule has 2 aliphatic carbocycles. The van der Waals surface area contributed by atoms with Crippen LogP contribution >= 0.6 is 0 Å². The second-order valence-electron chi connectivity index (χ2n) is 13.4. The third-order valence-electron chi connectivity index (χ3n) is 9.38. The van der Waals surface area contributed by atoms with Crippen LogP contribution in [0.1, 0.15) is 81.9 Å². The lowest BCUT2D eigenvalue weighted by atomic mass is 9.93. The summed E-state index contributed by atoms with van der Waals surface area (Å²) < 4.78 is 17.4. The molecule has 0 saturated heterocycles. The Hall–Kier alpha value is -4.54. The highest BCUT2D eigenvalue weighted by Crippen LogP contribution is 2.44. The number of fused-ring (bicyclic) bond motifs is 3. The van der Waals surface area contributed by atoms with E-state index in [9.17, 15) is 19.2 Å². The van der Waals surface area contributed by atoms with Gasteiger partial charge in [0, 0.05) is 36.8 Å². The van der Waals surface area contributed by atoms with Crippen LogP contribution in [-0.2, 0) is 35.2 Å². The van der Waals surface area contributed by atoms with Gasteiger partial charge in [0.15, 0.2) is 11.6 Å². The Balaban J connectivity index is 1.10. The summed E-state index contributed by atoms with van der Waals surface area (Å²) in [5.41, 5.74) is 5.89. The van der Waals surface area contributed by atoms with E-state index in [0.717, 1.165) is 47.1 Å². The van der Waals surface area contributed by atoms with Crippen LogP contribution in [0.25, 0.3) is 11.1 Å². The van der Waals surface area contributed by atoms with Crippen LogP contribution in [-0.4, -0.2) is 53.9 Å². The van der Waals surface area contributed by atoms with E-state index < -0.39 is 36.4 Å². The molecule has 2 amide bonds. The number of alkyl carbamates (subject to hydrolysis) is 1. The zero-order valence-electron chi connectivity index (χ0n) is 28.4. The predicted octanol–water partition coefficient (Wildman–Crippen LogP) is 7.06. The van der Waals surface area contributed by atoms with E-state index in [-0.39, 0.29) is 43.2 Å². The molecule has 2 atom stereocenters. The van der Waals surface area contributed by atoms with Gasteiger partial charge in [-0.15, -0.1) is 0 Å². The van der Waals surface area contributed by atoms with Gasteiger partial charge in [0.05, 0.1) is 12.6 Å². The molecule has 0 aromatic heterocycles. The zero-order valence-corrected chi connectivity index (χ0v) is 28.4. The Bertz CT molecular complexity index is 1580. The quantitative estimate of drug-likeness (QED) is 0.146. The third-order valence-corrected chi connectivity index (χ3v) is 9.38. The van der Waals surface area contributed by atoms with Crippen LogP contribution in [0.2, 0.25) is 0 Å². The fraction of sp³-hybridized carbons (Fsp3) is 0.436. The van der Waals surface area contributed by atoms with Crippen LogP contribution in [0.5, 0.6) is 0 Å². The fourth-order valence-corrected chi connectivity index (χ4v) is 6.69. The Morgan fingerprint density at radius 1 is 0.837 bits per heavy atom. The van der Waals surface area contributed by atoms with Crippen molar-refractivity contribution in [3.8, 4) is 11.1 Å². The number of amides is 2. The minimum atomic E-state index is -1.03. The number of rotatable bonds is 15. The third kappa shape index (κ3) is 9.13. The van der Waals surface area contributed by atoms with Crippen molar-refractivity contribution < 1.29 is 38.5 Å². The number of hydrogen-bond donors (Lipinski definition) is 3. The lowest BCUT2D eigenvalue weighted by molar-refractivity contribution is -0.258. The average molecular weight is 671 g/mol. The summed E-state index contributed by atoms with van der Waals surface area (Å²) in [6, 6.07) is 22.5. The zero-order chi connectivity index (χ0) is 35.0. The first-order valence-corrected chi connectivity index (χ1v) is 17.1. The van der Waals surface area contributed by atoms with Crippen molar-refractivity contribution in [1.29, 1.82) is 0 Å². The van der Waals surface area contributed by atoms with E-state index in [0.29, 0.717) is 18.5 Å². The van der Waals surface area contributed by atoms with Crippen LogP contribution in [0.15, 0.2) is 72.8 Å². The lowest BCUT2D eigenvalue weighted by Crippen LogP contribution is -2.45. The van der Waals surface area contributed by atoms with Gasteiger partial charge in [-0.2, -0.15) is 0 Å². The van der Waals surface area contributed by atoms with Crippen molar-refractivity contribution in [3.05, 3.63) is 89.5 Å². The topological polar surface area (TPSA) is 140 Å². The van der Waals surface area contributed by atoms with Crippen molar-refractivity contribution in [2.24, 2.45) is 11.8 Å². The molecule has 3 aromatic carbocycles. The highest BCUT2D eigenvalue weighted by atomic mass is 16.7. The number of aliphatic carboxylic acids is 1. The number of anilines is 1. The summed E-state index contributed by atoms with van der Waals surface area (Å²) in [6.07, 6.45) is 3.45. The standard InChI is InChI=1S/C39H46N2O8/c1-25(2)36(41-38(46)47-23-33-31-13-7-5-11-29(31)30-12-6-8-14-32(30)33)34(42)21-26(3)37(45)40-28-17-15-27(16-18-28)22-48-39(49-24-35(43)44)19-9-4-10-20-39/h5-8,11-18,25-26,33,36H,4,9-10,19-24H2,1-3H3,(H,40,45)(H,41,46)(H,43,44)/t26-,36+/m1/s1. The number of ketones is 1. The van der Waals surface area contributed by atoms with E-state index in [1.807, 2.05) is 62.4 Å². The molecule has 49 heavy (non-hydrogen) atoms. The summed E-state index contributed by atoms with van der Waals surface area (Å²) in [6.45, 7) is 5.34. The van der Waals surface area contributed by atoms with E-state index >= 15 is 0 Å². The summed E-state index contributed by atoms with van der Waals surface area (Å²) in [5.74, 6) is -3.44. The van der Waals surface area contributed by atoms with Crippen molar-refractivity contribution in [2.45, 2.75) is 83.6 Å². The van der Waals surface area contributed by atoms with Gasteiger partial charge in [0.25, 0.3) is 0 Å². The monoisotopic (exact) mass is 670 g/mol. The van der Waals surface area contributed by atoms with Gasteiger partial charge >= 0.3 is 12.1 Å². The highest BCUT2D eigenvalue weighted by molar-refractivity contribution is 5.97. The Morgan fingerprint density at radius 3 is 2.04 bits per heavy atom. The van der Waals surface area contributed by atoms with Gasteiger partial charge in [0.1, 0.15) is 13.2 Å². The minimum absolute atomic E-state index is 0.0529. The second-order valence-corrected chi connectivity index (χ2v) is 13.4. The van der Waals surface area contributed by atoms with Gasteiger partial charge < -0.3 is 30.0 Å². The molecule has 5 rings (SSSR count). The van der Waals surface area contributed by atoms with Gasteiger partial charge in [-0.25, -0.2) is 9.59 Å². The molecular formula is C39H46N2O8.